The average molecular weight is 322 g/mol. The average Bonchev–Trinajstić information content (AvgIpc) is 2.81. The quantitative estimate of drug-likeness (QED) is 0.818. The summed E-state index contributed by atoms with van der Waals surface area (Å²) in [5.41, 5.74) is 3.62. The Kier molecular flexibility index (Phi) is 6.59. The summed E-state index contributed by atoms with van der Waals surface area (Å²) in [6, 6.07) is 0. The number of rotatable bonds is 7. The van der Waals surface area contributed by atoms with Crippen LogP contribution >= 0.6 is 0 Å². The van der Waals surface area contributed by atoms with Crippen molar-refractivity contribution in [3.05, 3.63) is 17.0 Å². The van der Waals surface area contributed by atoms with Crippen molar-refractivity contribution in [3.63, 3.8) is 0 Å². The molecular weight excluding hydrogens is 292 g/mol. The summed E-state index contributed by atoms with van der Waals surface area (Å²) in [5, 5.41) is 7.60. The van der Waals surface area contributed by atoms with Gasteiger partial charge in [-0.15, -0.1) is 0 Å². The number of hydrogen-bond acceptors (Lipinski definition) is 4. The second-order valence-electron chi connectivity index (χ2n) is 6.33. The Labute approximate surface area is 139 Å². The summed E-state index contributed by atoms with van der Waals surface area (Å²) in [6.07, 6.45) is 1.00. The third kappa shape index (κ3) is 4.78. The van der Waals surface area contributed by atoms with Gasteiger partial charge in [0.15, 0.2) is 0 Å². The third-order valence-electron chi connectivity index (χ3n) is 4.59. The van der Waals surface area contributed by atoms with Crippen molar-refractivity contribution in [2.45, 2.75) is 40.7 Å². The summed E-state index contributed by atoms with van der Waals surface area (Å²) >= 11 is 0. The number of morpholine rings is 1. The number of hydrogen-bond donors (Lipinski definition) is 1. The van der Waals surface area contributed by atoms with E-state index in [1.807, 2.05) is 18.5 Å². The lowest BCUT2D eigenvalue weighted by Gasteiger charge is -2.28. The fourth-order valence-electron chi connectivity index (χ4n) is 3.18. The van der Waals surface area contributed by atoms with Crippen LogP contribution in [0.25, 0.3) is 0 Å². The van der Waals surface area contributed by atoms with Gasteiger partial charge in [0.25, 0.3) is 0 Å². The number of carbonyl (C=O) groups excluding carboxylic acids is 1. The normalized spacial score (nSPS) is 17.2. The summed E-state index contributed by atoms with van der Waals surface area (Å²) < 4.78 is 7.34. The summed E-state index contributed by atoms with van der Waals surface area (Å²) in [6.45, 7) is 13.8. The van der Waals surface area contributed by atoms with E-state index in [0.29, 0.717) is 6.54 Å². The van der Waals surface area contributed by atoms with E-state index < -0.39 is 0 Å². The standard InChI is InChI=1S/C17H30N4O2/c1-5-16-14(3)19-21(15(16)4)7-6-18-17(22)13(2)12-20-8-10-23-11-9-20/h13H,5-12H2,1-4H3,(H,18,22)/t13-/m1/s1. The predicted octanol–water partition coefficient (Wildman–Crippen LogP) is 1.15. The zero-order chi connectivity index (χ0) is 16.8. The first-order valence-corrected chi connectivity index (χ1v) is 8.63. The predicted molar refractivity (Wildman–Crippen MR) is 90.5 cm³/mol. The topological polar surface area (TPSA) is 59.4 Å². The van der Waals surface area contributed by atoms with Gasteiger partial charge in [-0.25, -0.2) is 0 Å². The van der Waals surface area contributed by atoms with Crippen molar-refractivity contribution >= 4 is 5.91 Å². The lowest BCUT2D eigenvalue weighted by Crippen LogP contribution is -2.43. The minimum Gasteiger partial charge on any atom is -0.379 e. The molecule has 0 aromatic carbocycles. The van der Waals surface area contributed by atoms with Crippen molar-refractivity contribution in [2.75, 3.05) is 39.4 Å². The Morgan fingerprint density at radius 2 is 2.04 bits per heavy atom. The molecule has 0 radical (unpaired) electrons. The van der Waals surface area contributed by atoms with Crippen LogP contribution in [0.4, 0.5) is 0 Å². The van der Waals surface area contributed by atoms with Gasteiger partial charge in [-0.3, -0.25) is 14.4 Å². The molecule has 1 atom stereocenters. The minimum atomic E-state index is -0.000225. The minimum absolute atomic E-state index is 0.000225. The van der Waals surface area contributed by atoms with Crippen LogP contribution in [0.1, 0.15) is 30.8 Å². The molecular formula is C17H30N4O2. The first kappa shape index (κ1) is 17.9. The van der Waals surface area contributed by atoms with Gasteiger partial charge in [-0.05, 0) is 25.8 Å². The number of amides is 1. The molecule has 0 bridgehead atoms. The number of nitrogens with zero attached hydrogens (tertiary/aromatic N) is 3. The first-order chi connectivity index (χ1) is 11.0. The van der Waals surface area contributed by atoms with E-state index in [9.17, 15) is 4.79 Å². The SMILES string of the molecule is CCc1c(C)nn(CCNC(=O)[C@H](C)CN2CCOCC2)c1C. The zero-order valence-electron chi connectivity index (χ0n) is 14.9. The molecule has 1 aromatic heterocycles. The molecule has 1 fully saturated rings. The van der Waals surface area contributed by atoms with Crippen LogP contribution in [0.2, 0.25) is 0 Å². The van der Waals surface area contributed by atoms with Crippen LogP contribution in [0.5, 0.6) is 0 Å². The largest absolute Gasteiger partial charge is 0.379 e. The van der Waals surface area contributed by atoms with Gasteiger partial charge in [-0.2, -0.15) is 5.10 Å². The molecule has 6 nitrogen and oxygen atoms in total. The van der Waals surface area contributed by atoms with Crippen molar-refractivity contribution in [1.82, 2.24) is 20.0 Å². The van der Waals surface area contributed by atoms with Crippen molar-refractivity contribution in [3.8, 4) is 0 Å². The highest BCUT2D eigenvalue weighted by atomic mass is 16.5. The van der Waals surface area contributed by atoms with Gasteiger partial charge in [0.2, 0.25) is 5.91 Å². The zero-order valence-corrected chi connectivity index (χ0v) is 14.9. The molecule has 1 saturated heterocycles. The van der Waals surface area contributed by atoms with E-state index in [0.717, 1.165) is 51.5 Å². The second kappa shape index (κ2) is 8.45. The van der Waals surface area contributed by atoms with E-state index in [2.05, 4.69) is 29.2 Å². The lowest BCUT2D eigenvalue weighted by atomic mass is 10.1. The highest BCUT2D eigenvalue weighted by Gasteiger charge is 2.18. The Bertz CT molecular complexity index is 521. The molecule has 1 aliphatic rings. The van der Waals surface area contributed by atoms with E-state index in [1.165, 1.54) is 11.3 Å². The highest BCUT2D eigenvalue weighted by molar-refractivity contribution is 5.78. The number of ether oxygens (including phenoxy) is 1. The lowest BCUT2D eigenvalue weighted by molar-refractivity contribution is -0.125. The maximum absolute atomic E-state index is 12.2. The molecule has 0 saturated carbocycles. The van der Waals surface area contributed by atoms with Crippen LogP contribution < -0.4 is 5.32 Å². The van der Waals surface area contributed by atoms with E-state index in [1.54, 1.807) is 0 Å². The molecule has 0 spiro atoms. The molecule has 1 aromatic rings. The van der Waals surface area contributed by atoms with E-state index >= 15 is 0 Å². The number of carbonyl (C=O) groups is 1. The molecule has 2 rings (SSSR count). The molecule has 1 aliphatic heterocycles. The maximum atomic E-state index is 12.2. The van der Waals surface area contributed by atoms with Crippen LogP contribution in [-0.2, 0) is 22.5 Å². The first-order valence-electron chi connectivity index (χ1n) is 8.63. The fourth-order valence-corrected chi connectivity index (χ4v) is 3.18. The molecule has 1 N–H and O–H groups in total. The molecule has 23 heavy (non-hydrogen) atoms. The van der Waals surface area contributed by atoms with Crippen LogP contribution in [0, 0.1) is 19.8 Å². The molecule has 2 heterocycles. The van der Waals surface area contributed by atoms with Crippen molar-refractivity contribution in [2.24, 2.45) is 5.92 Å². The Morgan fingerprint density at radius 3 is 2.65 bits per heavy atom. The van der Waals surface area contributed by atoms with Crippen LogP contribution in [0.15, 0.2) is 0 Å². The Hall–Kier alpha value is -1.40. The van der Waals surface area contributed by atoms with Gasteiger partial charge in [0.1, 0.15) is 0 Å². The van der Waals surface area contributed by atoms with Gasteiger partial charge in [0.05, 0.1) is 25.5 Å². The van der Waals surface area contributed by atoms with E-state index in [-0.39, 0.29) is 11.8 Å². The number of aromatic nitrogens is 2. The highest BCUT2D eigenvalue weighted by Crippen LogP contribution is 2.13. The smallest absolute Gasteiger partial charge is 0.224 e. The number of nitrogens with one attached hydrogen (secondary N) is 1. The summed E-state index contributed by atoms with van der Waals surface area (Å²) in [4.78, 5) is 14.5. The fraction of sp³-hybridized carbons (Fsp3) is 0.765. The molecule has 0 aliphatic carbocycles. The monoisotopic (exact) mass is 322 g/mol. The molecule has 0 unspecified atom stereocenters. The molecule has 130 valence electrons. The van der Waals surface area contributed by atoms with E-state index in [4.69, 9.17) is 4.74 Å². The summed E-state index contributed by atoms with van der Waals surface area (Å²) in [7, 11) is 0. The molecule has 6 heteroatoms. The molecule has 1 amide bonds. The Morgan fingerprint density at radius 1 is 1.35 bits per heavy atom. The van der Waals surface area contributed by atoms with Gasteiger partial charge in [0, 0.05) is 37.8 Å². The van der Waals surface area contributed by atoms with Crippen molar-refractivity contribution < 1.29 is 9.53 Å². The maximum Gasteiger partial charge on any atom is 0.224 e. The Balaban J connectivity index is 1.75. The van der Waals surface area contributed by atoms with Gasteiger partial charge < -0.3 is 10.1 Å². The van der Waals surface area contributed by atoms with Crippen LogP contribution in [-0.4, -0.2) is 60.0 Å². The van der Waals surface area contributed by atoms with Gasteiger partial charge >= 0.3 is 0 Å². The number of aryl methyl sites for hydroxylation is 1. The van der Waals surface area contributed by atoms with Crippen LogP contribution in [0.3, 0.4) is 0 Å². The third-order valence-corrected chi connectivity index (χ3v) is 4.59. The van der Waals surface area contributed by atoms with Crippen molar-refractivity contribution in [1.29, 1.82) is 0 Å². The second-order valence-corrected chi connectivity index (χ2v) is 6.33. The summed E-state index contributed by atoms with van der Waals surface area (Å²) in [5.74, 6) is 0.119. The van der Waals surface area contributed by atoms with Gasteiger partial charge in [-0.1, -0.05) is 13.8 Å².